The minimum Gasteiger partial charge on any atom is -0.392 e. The van der Waals surface area contributed by atoms with Crippen LogP contribution in [0.1, 0.15) is 25.3 Å². The lowest BCUT2D eigenvalue weighted by atomic mass is 10.2. The van der Waals surface area contributed by atoms with Crippen molar-refractivity contribution < 1.29 is 26.7 Å². The van der Waals surface area contributed by atoms with Crippen molar-refractivity contribution in [1.29, 1.82) is 0 Å². The van der Waals surface area contributed by atoms with Gasteiger partial charge in [0.15, 0.2) is 9.84 Å². The van der Waals surface area contributed by atoms with Crippen LogP contribution in [0.5, 0.6) is 0 Å². The highest BCUT2D eigenvalue weighted by Gasteiger charge is 2.37. The van der Waals surface area contributed by atoms with Crippen LogP contribution in [0.4, 0.5) is 13.2 Å². The molecule has 1 unspecified atom stereocenters. The molecule has 0 aliphatic carbocycles. The minimum atomic E-state index is -4.74. The van der Waals surface area contributed by atoms with Crippen LogP contribution in [0.25, 0.3) is 0 Å². The van der Waals surface area contributed by atoms with Gasteiger partial charge in [-0.15, -0.1) is 0 Å². The first-order valence-corrected chi connectivity index (χ1v) is 7.40. The van der Waals surface area contributed by atoms with Gasteiger partial charge in [0.05, 0.1) is 22.3 Å². The Hall–Kier alpha value is -1.08. The molecule has 0 aliphatic heterocycles. The van der Waals surface area contributed by atoms with Crippen molar-refractivity contribution in [3.8, 4) is 0 Å². The van der Waals surface area contributed by atoms with Crippen LogP contribution < -0.4 is 0 Å². The van der Waals surface area contributed by atoms with Gasteiger partial charge >= 0.3 is 6.18 Å². The zero-order valence-corrected chi connectivity index (χ0v) is 11.1. The van der Waals surface area contributed by atoms with E-state index < -0.39 is 38.3 Å². The Morgan fingerprint density at radius 1 is 1.26 bits per heavy atom. The van der Waals surface area contributed by atoms with Gasteiger partial charge in [0, 0.05) is 0 Å². The SMILES string of the molecule is CCCC(O)CS(=O)(=O)c1ccccc1C(F)(F)F. The van der Waals surface area contributed by atoms with E-state index in [0.29, 0.717) is 6.42 Å². The van der Waals surface area contributed by atoms with Crippen molar-refractivity contribution in [3.63, 3.8) is 0 Å². The van der Waals surface area contributed by atoms with Gasteiger partial charge < -0.3 is 5.11 Å². The van der Waals surface area contributed by atoms with E-state index in [1.165, 1.54) is 6.07 Å². The van der Waals surface area contributed by atoms with Gasteiger partial charge in [-0.1, -0.05) is 25.5 Å². The summed E-state index contributed by atoms with van der Waals surface area (Å²) in [6.45, 7) is 1.75. The number of hydrogen-bond donors (Lipinski definition) is 1. The third-order valence-corrected chi connectivity index (χ3v) is 4.41. The first-order valence-electron chi connectivity index (χ1n) is 5.75. The average Bonchev–Trinajstić information content (AvgIpc) is 2.27. The lowest BCUT2D eigenvalue weighted by Crippen LogP contribution is -2.23. The molecule has 1 atom stereocenters. The molecule has 0 fully saturated rings. The van der Waals surface area contributed by atoms with Crippen LogP contribution in [0.15, 0.2) is 29.2 Å². The number of sulfone groups is 1. The second-order valence-electron chi connectivity index (χ2n) is 4.22. The molecule has 0 saturated carbocycles. The highest BCUT2D eigenvalue weighted by molar-refractivity contribution is 7.91. The maximum Gasteiger partial charge on any atom is 0.417 e. The molecule has 1 N–H and O–H groups in total. The molecule has 19 heavy (non-hydrogen) atoms. The molecule has 108 valence electrons. The van der Waals surface area contributed by atoms with E-state index >= 15 is 0 Å². The summed E-state index contributed by atoms with van der Waals surface area (Å²) in [6, 6.07) is 3.99. The van der Waals surface area contributed by atoms with Gasteiger partial charge in [-0.25, -0.2) is 8.42 Å². The molecular formula is C12H15F3O3S. The van der Waals surface area contributed by atoms with Crippen molar-refractivity contribution >= 4 is 9.84 Å². The minimum absolute atomic E-state index is 0.230. The molecule has 0 radical (unpaired) electrons. The summed E-state index contributed by atoms with van der Waals surface area (Å²) in [5.41, 5.74) is -1.20. The number of aliphatic hydroxyl groups is 1. The van der Waals surface area contributed by atoms with E-state index in [-0.39, 0.29) is 6.42 Å². The second-order valence-corrected chi connectivity index (χ2v) is 6.22. The van der Waals surface area contributed by atoms with E-state index in [9.17, 15) is 26.7 Å². The number of halogens is 3. The van der Waals surface area contributed by atoms with Crippen molar-refractivity contribution in [3.05, 3.63) is 29.8 Å². The van der Waals surface area contributed by atoms with Crippen LogP contribution in [0, 0.1) is 0 Å². The molecule has 1 aromatic rings. The standard InChI is InChI=1S/C12H15F3O3S/c1-2-5-9(16)8-19(17,18)11-7-4-3-6-10(11)12(13,14)15/h3-4,6-7,9,16H,2,5,8H2,1H3. The Morgan fingerprint density at radius 2 is 1.84 bits per heavy atom. The predicted octanol–water partition coefficient (Wildman–Crippen LogP) is 2.64. The first-order chi connectivity index (χ1) is 8.68. The average molecular weight is 296 g/mol. The van der Waals surface area contributed by atoms with Crippen molar-refractivity contribution in [2.24, 2.45) is 0 Å². The molecule has 3 nitrogen and oxygen atoms in total. The van der Waals surface area contributed by atoms with Gasteiger partial charge in [-0.3, -0.25) is 0 Å². The summed E-state index contributed by atoms with van der Waals surface area (Å²) in [5.74, 6) is -0.700. The smallest absolute Gasteiger partial charge is 0.392 e. The first kappa shape index (κ1) is 16.0. The molecule has 0 aliphatic rings. The highest BCUT2D eigenvalue weighted by atomic mass is 32.2. The van der Waals surface area contributed by atoms with Crippen molar-refractivity contribution in [2.75, 3.05) is 5.75 Å². The fraction of sp³-hybridized carbons (Fsp3) is 0.500. The molecule has 0 spiro atoms. The largest absolute Gasteiger partial charge is 0.417 e. The highest BCUT2D eigenvalue weighted by Crippen LogP contribution is 2.34. The van der Waals surface area contributed by atoms with Crippen molar-refractivity contribution in [2.45, 2.75) is 36.9 Å². The molecular weight excluding hydrogens is 281 g/mol. The summed E-state index contributed by atoms with van der Waals surface area (Å²) < 4.78 is 62.1. The lowest BCUT2D eigenvalue weighted by molar-refractivity contribution is -0.139. The van der Waals surface area contributed by atoms with Crippen LogP contribution >= 0.6 is 0 Å². The summed E-state index contributed by atoms with van der Waals surface area (Å²) in [6.07, 6.45) is -5.11. The maximum absolute atomic E-state index is 12.7. The molecule has 1 rings (SSSR count). The Labute approximate surface area is 110 Å². The zero-order valence-electron chi connectivity index (χ0n) is 10.3. The van der Waals surface area contributed by atoms with E-state index in [4.69, 9.17) is 0 Å². The zero-order chi connectivity index (χ0) is 14.7. The normalized spacial score (nSPS) is 14.4. The maximum atomic E-state index is 12.7. The van der Waals surface area contributed by atoms with Gasteiger partial charge in [0.1, 0.15) is 0 Å². The Bertz CT molecular complexity index is 523. The van der Waals surface area contributed by atoms with Gasteiger partial charge in [-0.05, 0) is 18.6 Å². The topological polar surface area (TPSA) is 54.4 Å². The molecule has 0 bridgehead atoms. The Morgan fingerprint density at radius 3 is 2.37 bits per heavy atom. The van der Waals surface area contributed by atoms with E-state index in [1.54, 1.807) is 6.92 Å². The summed E-state index contributed by atoms with van der Waals surface area (Å²) in [5, 5.41) is 9.48. The molecule has 7 heteroatoms. The third-order valence-electron chi connectivity index (χ3n) is 2.56. The fourth-order valence-electron chi connectivity index (χ4n) is 1.73. The second kappa shape index (κ2) is 5.92. The molecule has 0 heterocycles. The molecule has 0 amide bonds. The summed E-state index contributed by atoms with van der Waals surface area (Å²) in [4.78, 5) is -0.780. The third kappa shape index (κ3) is 4.21. The number of alkyl halides is 3. The number of benzene rings is 1. The Balaban J connectivity index is 3.16. The summed E-state index contributed by atoms with van der Waals surface area (Å²) in [7, 11) is -4.17. The van der Waals surface area contributed by atoms with Crippen LogP contribution in [-0.4, -0.2) is 25.4 Å². The van der Waals surface area contributed by atoms with Crippen molar-refractivity contribution in [1.82, 2.24) is 0 Å². The van der Waals surface area contributed by atoms with Crippen LogP contribution in [-0.2, 0) is 16.0 Å². The van der Waals surface area contributed by atoms with E-state index in [2.05, 4.69) is 0 Å². The van der Waals surface area contributed by atoms with Gasteiger partial charge in [-0.2, -0.15) is 13.2 Å². The van der Waals surface area contributed by atoms with Crippen LogP contribution in [0.2, 0.25) is 0 Å². The summed E-state index contributed by atoms with van der Waals surface area (Å²) >= 11 is 0. The van der Waals surface area contributed by atoms with Crippen LogP contribution in [0.3, 0.4) is 0 Å². The van der Waals surface area contributed by atoms with Gasteiger partial charge in [0.25, 0.3) is 0 Å². The number of hydrogen-bond acceptors (Lipinski definition) is 3. The van der Waals surface area contributed by atoms with E-state index in [0.717, 1.165) is 18.2 Å². The predicted molar refractivity (Wildman–Crippen MR) is 64.4 cm³/mol. The lowest BCUT2D eigenvalue weighted by Gasteiger charge is -2.15. The molecule has 0 aromatic heterocycles. The number of aliphatic hydroxyl groups excluding tert-OH is 1. The fourth-order valence-corrected chi connectivity index (χ4v) is 3.39. The molecule has 0 saturated heterocycles. The number of rotatable bonds is 5. The monoisotopic (exact) mass is 296 g/mol. The van der Waals surface area contributed by atoms with Gasteiger partial charge in [0.2, 0.25) is 0 Å². The van der Waals surface area contributed by atoms with E-state index in [1.807, 2.05) is 0 Å². The Kier molecular flexibility index (Phi) is 4.98. The molecule has 1 aromatic carbocycles. The quantitative estimate of drug-likeness (QED) is 0.909.